The summed E-state index contributed by atoms with van der Waals surface area (Å²) in [5.41, 5.74) is 2.83. The molecule has 1 rings (SSSR count). The van der Waals surface area contributed by atoms with Crippen LogP contribution in [0.5, 0.6) is 0 Å². The van der Waals surface area contributed by atoms with Crippen molar-refractivity contribution < 1.29 is 4.92 Å². The number of anilines is 1. The molecule has 1 aromatic rings. The minimum Gasteiger partial charge on any atom is -0.323 e. The molecule has 0 aliphatic carbocycles. The standard InChI is InChI=1S/C6H6BrN3O2.ClH/c7-5-2-1-4(10(11)12)3-6(5)9-8;/h1-3,9H,8H2;1H. The van der Waals surface area contributed by atoms with Gasteiger partial charge in [0, 0.05) is 16.6 Å². The van der Waals surface area contributed by atoms with Crippen molar-refractivity contribution in [3.05, 3.63) is 32.8 Å². The summed E-state index contributed by atoms with van der Waals surface area (Å²) in [7, 11) is 0. The van der Waals surface area contributed by atoms with Gasteiger partial charge in [-0.15, -0.1) is 12.4 Å². The Morgan fingerprint density at radius 1 is 1.54 bits per heavy atom. The van der Waals surface area contributed by atoms with Crippen molar-refractivity contribution in [3.8, 4) is 0 Å². The first-order valence-electron chi connectivity index (χ1n) is 3.05. The number of nitrogens with two attached hydrogens (primary N) is 1. The van der Waals surface area contributed by atoms with Crippen LogP contribution in [0.3, 0.4) is 0 Å². The maximum atomic E-state index is 10.3. The van der Waals surface area contributed by atoms with Crippen LogP contribution in [0, 0.1) is 10.1 Å². The minimum absolute atomic E-state index is 0. The van der Waals surface area contributed by atoms with Crippen LogP contribution < -0.4 is 11.3 Å². The molecule has 7 heteroatoms. The van der Waals surface area contributed by atoms with Gasteiger partial charge in [-0.2, -0.15) is 0 Å². The Labute approximate surface area is 89.0 Å². The van der Waals surface area contributed by atoms with E-state index in [-0.39, 0.29) is 18.1 Å². The highest BCUT2D eigenvalue weighted by molar-refractivity contribution is 9.10. The molecule has 0 fully saturated rings. The molecule has 0 aliphatic rings. The number of nitrogen functional groups attached to an aromatic ring is 1. The second kappa shape index (κ2) is 5.00. The molecule has 5 nitrogen and oxygen atoms in total. The van der Waals surface area contributed by atoms with Gasteiger partial charge in [-0.3, -0.25) is 16.0 Å². The van der Waals surface area contributed by atoms with Crippen LogP contribution in [0.15, 0.2) is 22.7 Å². The van der Waals surface area contributed by atoms with Gasteiger partial charge in [0.05, 0.1) is 10.6 Å². The number of hydrazine groups is 1. The maximum Gasteiger partial charge on any atom is 0.271 e. The van der Waals surface area contributed by atoms with Gasteiger partial charge in [0.1, 0.15) is 0 Å². The molecule has 3 N–H and O–H groups in total. The average Bonchev–Trinajstić information content (AvgIpc) is 2.05. The lowest BCUT2D eigenvalue weighted by atomic mass is 10.3. The van der Waals surface area contributed by atoms with Gasteiger partial charge in [0.25, 0.3) is 5.69 Å². The number of nitrogens with one attached hydrogen (secondary N) is 1. The van der Waals surface area contributed by atoms with E-state index in [9.17, 15) is 10.1 Å². The van der Waals surface area contributed by atoms with Gasteiger partial charge in [-0.25, -0.2) is 0 Å². The largest absolute Gasteiger partial charge is 0.323 e. The Balaban J connectivity index is 0.00000144. The van der Waals surface area contributed by atoms with Crippen LogP contribution >= 0.6 is 28.3 Å². The van der Waals surface area contributed by atoms with Crippen LogP contribution in [-0.2, 0) is 0 Å². The van der Waals surface area contributed by atoms with Gasteiger partial charge < -0.3 is 5.43 Å². The van der Waals surface area contributed by atoms with E-state index >= 15 is 0 Å². The van der Waals surface area contributed by atoms with Crippen molar-refractivity contribution in [2.75, 3.05) is 5.43 Å². The number of nitro groups is 1. The molecule has 0 bridgehead atoms. The van der Waals surface area contributed by atoms with Gasteiger partial charge >= 0.3 is 0 Å². The number of nitro benzene ring substituents is 1. The Morgan fingerprint density at radius 2 is 2.15 bits per heavy atom. The van der Waals surface area contributed by atoms with Crippen molar-refractivity contribution in [1.29, 1.82) is 0 Å². The van der Waals surface area contributed by atoms with E-state index in [2.05, 4.69) is 21.4 Å². The quantitative estimate of drug-likeness (QED) is 0.489. The minimum atomic E-state index is -0.479. The van der Waals surface area contributed by atoms with Crippen LogP contribution in [0.1, 0.15) is 0 Å². The van der Waals surface area contributed by atoms with E-state index in [1.807, 2.05) is 0 Å². The Kier molecular flexibility index (Phi) is 4.68. The van der Waals surface area contributed by atoms with E-state index in [4.69, 9.17) is 5.84 Å². The molecule has 0 saturated carbocycles. The zero-order chi connectivity index (χ0) is 9.14. The second-order valence-electron chi connectivity index (χ2n) is 2.07. The summed E-state index contributed by atoms with van der Waals surface area (Å²) in [6.07, 6.45) is 0. The smallest absolute Gasteiger partial charge is 0.271 e. The molecule has 13 heavy (non-hydrogen) atoms. The first-order chi connectivity index (χ1) is 5.65. The molecule has 0 radical (unpaired) electrons. The highest BCUT2D eigenvalue weighted by Crippen LogP contribution is 2.25. The number of hydrogen-bond donors (Lipinski definition) is 2. The summed E-state index contributed by atoms with van der Waals surface area (Å²) in [6, 6.07) is 4.31. The van der Waals surface area contributed by atoms with E-state index < -0.39 is 4.92 Å². The number of hydrogen-bond acceptors (Lipinski definition) is 4. The van der Waals surface area contributed by atoms with E-state index in [1.54, 1.807) is 6.07 Å². The number of nitrogens with zero attached hydrogens (tertiary/aromatic N) is 1. The van der Waals surface area contributed by atoms with Gasteiger partial charge in [-0.05, 0) is 22.0 Å². The summed E-state index contributed by atoms with van der Waals surface area (Å²) in [4.78, 5) is 9.82. The Hall–Kier alpha value is -0.850. The van der Waals surface area contributed by atoms with Crippen molar-refractivity contribution in [2.24, 2.45) is 5.84 Å². The molecule has 0 atom stereocenters. The van der Waals surface area contributed by atoms with Gasteiger partial charge in [-0.1, -0.05) is 0 Å². The van der Waals surface area contributed by atoms with Crippen molar-refractivity contribution in [3.63, 3.8) is 0 Å². The third-order valence-corrected chi connectivity index (χ3v) is 2.01. The normalized spacial score (nSPS) is 8.77. The average molecular weight is 268 g/mol. The molecule has 72 valence electrons. The SMILES string of the molecule is Cl.NNc1cc([N+](=O)[O-])ccc1Br. The van der Waals surface area contributed by atoms with Crippen LogP contribution in [0.25, 0.3) is 0 Å². The van der Waals surface area contributed by atoms with Crippen LogP contribution in [0.2, 0.25) is 0 Å². The van der Waals surface area contributed by atoms with Crippen molar-refractivity contribution in [1.82, 2.24) is 0 Å². The predicted octanol–water partition coefficient (Wildman–Crippen LogP) is 2.06. The molecular weight excluding hydrogens is 261 g/mol. The Bertz CT molecular complexity index is 321. The number of halogens is 2. The fourth-order valence-corrected chi connectivity index (χ4v) is 1.10. The van der Waals surface area contributed by atoms with E-state index in [0.717, 1.165) is 0 Å². The lowest BCUT2D eigenvalue weighted by molar-refractivity contribution is -0.384. The molecule has 0 aromatic heterocycles. The summed E-state index contributed by atoms with van der Waals surface area (Å²) in [5.74, 6) is 5.12. The summed E-state index contributed by atoms with van der Waals surface area (Å²) in [5, 5.41) is 10.3. The summed E-state index contributed by atoms with van der Waals surface area (Å²) < 4.78 is 0.690. The fourth-order valence-electron chi connectivity index (χ4n) is 0.737. The molecule has 0 amide bonds. The molecular formula is C6H7BrClN3O2. The van der Waals surface area contributed by atoms with Crippen molar-refractivity contribution >= 4 is 39.7 Å². The molecule has 0 saturated heterocycles. The number of rotatable bonds is 2. The molecule has 1 aromatic carbocycles. The Morgan fingerprint density at radius 3 is 2.62 bits per heavy atom. The third kappa shape index (κ3) is 2.83. The maximum absolute atomic E-state index is 10.3. The lowest BCUT2D eigenvalue weighted by Gasteiger charge is -2.01. The molecule has 0 spiro atoms. The summed E-state index contributed by atoms with van der Waals surface area (Å²) in [6.45, 7) is 0. The molecule has 0 aliphatic heterocycles. The van der Waals surface area contributed by atoms with Crippen molar-refractivity contribution in [2.45, 2.75) is 0 Å². The van der Waals surface area contributed by atoms with E-state index in [0.29, 0.717) is 10.2 Å². The predicted molar refractivity (Wildman–Crippen MR) is 55.9 cm³/mol. The first-order valence-corrected chi connectivity index (χ1v) is 3.85. The zero-order valence-corrected chi connectivity index (χ0v) is 8.76. The van der Waals surface area contributed by atoms with Gasteiger partial charge in [0.2, 0.25) is 0 Å². The first kappa shape index (κ1) is 12.2. The highest BCUT2D eigenvalue weighted by atomic mass is 79.9. The van der Waals surface area contributed by atoms with Crippen LogP contribution in [0.4, 0.5) is 11.4 Å². The number of non-ortho nitro benzene ring substituents is 1. The number of benzene rings is 1. The lowest BCUT2D eigenvalue weighted by Crippen LogP contribution is -2.07. The zero-order valence-electron chi connectivity index (χ0n) is 6.36. The van der Waals surface area contributed by atoms with Gasteiger partial charge in [0.15, 0.2) is 0 Å². The molecule has 0 heterocycles. The third-order valence-electron chi connectivity index (χ3n) is 1.32. The second-order valence-corrected chi connectivity index (χ2v) is 2.92. The monoisotopic (exact) mass is 267 g/mol. The highest BCUT2D eigenvalue weighted by Gasteiger charge is 2.07. The molecule has 0 unspecified atom stereocenters. The summed E-state index contributed by atoms with van der Waals surface area (Å²) >= 11 is 3.17. The van der Waals surface area contributed by atoms with Crippen LogP contribution in [-0.4, -0.2) is 4.92 Å². The van der Waals surface area contributed by atoms with E-state index in [1.165, 1.54) is 12.1 Å². The fraction of sp³-hybridized carbons (Fsp3) is 0. The topological polar surface area (TPSA) is 81.2 Å².